The number of aryl methyl sites for hydroxylation is 1. The standard InChI is InChI=1S/C20H20N4O2S/c1-3-7-14-8-6-9-15(19(14)26)12-21-23-18(25)13-27-20-22-16-10-4-5-11-17(16)24(20)2/h3-6,8-12,26H,1,7,13H2,2H3,(H,23,25)/b21-12-. The van der Waals surface area contributed by atoms with E-state index in [4.69, 9.17) is 0 Å². The molecule has 2 N–H and O–H groups in total. The Hall–Kier alpha value is -3.06. The van der Waals surface area contributed by atoms with Gasteiger partial charge in [-0.15, -0.1) is 6.58 Å². The van der Waals surface area contributed by atoms with Crippen LogP contribution in [0.15, 0.2) is 65.4 Å². The number of hydrogen-bond donors (Lipinski definition) is 2. The second kappa shape index (κ2) is 8.55. The number of para-hydroxylation sites is 3. The lowest BCUT2D eigenvalue weighted by Gasteiger charge is -2.05. The fourth-order valence-corrected chi connectivity index (χ4v) is 3.40. The fraction of sp³-hybridized carbons (Fsp3) is 0.150. The number of carbonyl (C=O) groups excluding carboxylic acids is 1. The lowest BCUT2D eigenvalue weighted by Crippen LogP contribution is -2.19. The number of hydrogen-bond acceptors (Lipinski definition) is 5. The number of aromatic hydroxyl groups is 1. The van der Waals surface area contributed by atoms with Crippen molar-refractivity contribution < 1.29 is 9.90 Å². The maximum atomic E-state index is 12.0. The lowest BCUT2D eigenvalue weighted by molar-refractivity contribution is -0.118. The molecule has 0 spiro atoms. The smallest absolute Gasteiger partial charge is 0.250 e. The average Bonchev–Trinajstić information content (AvgIpc) is 2.99. The Labute approximate surface area is 161 Å². The summed E-state index contributed by atoms with van der Waals surface area (Å²) in [5.41, 5.74) is 5.70. The second-order valence-corrected chi connectivity index (χ2v) is 6.81. The summed E-state index contributed by atoms with van der Waals surface area (Å²) in [6.07, 6.45) is 3.71. The van der Waals surface area contributed by atoms with E-state index in [0.717, 1.165) is 21.8 Å². The number of fused-ring (bicyclic) bond motifs is 1. The normalized spacial score (nSPS) is 11.1. The van der Waals surface area contributed by atoms with Crippen LogP contribution in [0.3, 0.4) is 0 Å². The SMILES string of the molecule is C=CCc1cccc(/C=N\NC(=O)CSc2nc3ccccc3n2C)c1O. The van der Waals surface area contributed by atoms with Gasteiger partial charge in [0, 0.05) is 12.6 Å². The van der Waals surface area contributed by atoms with Gasteiger partial charge in [0.2, 0.25) is 0 Å². The van der Waals surface area contributed by atoms with E-state index >= 15 is 0 Å². The minimum Gasteiger partial charge on any atom is -0.507 e. The van der Waals surface area contributed by atoms with E-state index in [0.29, 0.717) is 12.0 Å². The first-order valence-electron chi connectivity index (χ1n) is 8.38. The molecule has 2 aromatic carbocycles. The molecule has 138 valence electrons. The average molecular weight is 380 g/mol. The number of hydrazone groups is 1. The number of allylic oxidation sites excluding steroid dienone is 1. The molecule has 0 saturated heterocycles. The van der Waals surface area contributed by atoms with Crippen LogP contribution in [0.2, 0.25) is 0 Å². The van der Waals surface area contributed by atoms with Gasteiger partial charge in [-0.3, -0.25) is 4.79 Å². The third-order valence-corrected chi connectivity index (χ3v) is 5.02. The van der Waals surface area contributed by atoms with Crippen molar-refractivity contribution in [3.63, 3.8) is 0 Å². The summed E-state index contributed by atoms with van der Waals surface area (Å²) < 4.78 is 1.96. The van der Waals surface area contributed by atoms with Crippen LogP contribution >= 0.6 is 11.8 Å². The van der Waals surface area contributed by atoms with E-state index in [1.807, 2.05) is 48.0 Å². The summed E-state index contributed by atoms with van der Waals surface area (Å²) in [7, 11) is 1.92. The molecule has 0 atom stereocenters. The molecule has 0 aliphatic rings. The first-order chi connectivity index (χ1) is 13.1. The maximum Gasteiger partial charge on any atom is 0.250 e. The van der Waals surface area contributed by atoms with Crippen LogP contribution < -0.4 is 5.43 Å². The van der Waals surface area contributed by atoms with Gasteiger partial charge in [0.1, 0.15) is 5.75 Å². The highest BCUT2D eigenvalue weighted by atomic mass is 32.2. The molecule has 7 heteroatoms. The van der Waals surface area contributed by atoms with Crippen LogP contribution in [0.25, 0.3) is 11.0 Å². The van der Waals surface area contributed by atoms with Crippen molar-refractivity contribution in [3.05, 3.63) is 66.2 Å². The molecular formula is C20H20N4O2S. The van der Waals surface area contributed by atoms with Crippen molar-refractivity contribution in [2.75, 3.05) is 5.75 Å². The fourth-order valence-electron chi connectivity index (χ4n) is 2.62. The van der Waals surface area contributed by atoms with Crippen molar-refractivity contribution in [2.24, 2.45) is 12.1 Å². The molecule has 1 amide bonds. The zero-order valence-electron chi connectivity index (χ0n) is 14.9. The highest BCUT2D eigenvalue weighted by molar-refractivity contribution is 7.99. The van der Waals surface area contributed by atoms with Crippen LogP contribution in [-0.4, -0.2) is 32.5 Å². The van der Waals surface area contributed by atoms with Crippen molar-refractivity contribution in [1.29, 1.82) is 0 Å². The zero-order valence-corrected chi connectivity index (χ0v) is 15.7. The first-order valence-corrected chi connectivity index (χ1v) is 9.36. The Morgan fingerprint density at radius 3 is 2.93 bits per heavy atom. The van der Waals surface area contributed by atoms with Crippen molar-refractivity contribution in [2.45, 2.75) is 11.6 Å². The molecule has 0 fully saturated rings. The highest BCUT2D eigenvalue weighted by Gasteiger charge is 2.10. The molecule has 1 aromatic heterocycles. The predicted molar refractivity (Wildman–Crippen MR) is 109 cm³/mol. The Bertz CT molecular complexity index is 1010. The highest BCUT2D eigenvalue weighted by Crippen LogP contribution is 2.23. The molecule has 0 radical (unpaired) electrons. The Morgan fingerprint density at radius 1 is 1.33 bits per heavy atom. The molecule has 0 unspecified atom stereocenters. The van der Waals surface area contributed by atoms with E-state index in [-0.39, 0.29) is 17.4 Å². The topological polar surface area (TPSA) is 79.5 Å². The van der Waals surface area contributed by atoms with Crippen LogP contribution in [0.4, 0.5) is 0 Å². The van der Waals surface area contributed by atoms with Crippen molar-refractivity contribution >= 4 is 34.9 Å². The number of imidazole rings is 1. The molecule has 0 bridgehead atoms. The molecule has 1 heterocycles. The van der Waals surface area contributed by atoms with Crippen LogP contribution in [-0.2, 0) is 18.3 Å². The number of rotatable bonds is 7. The molecule has 0 saturated carbocycles. The molecule has 3 aromatic rings. The number of carbonyl (C=O) groups is 1. The number of benzene rings is 2. The van der Waals surface area contributed by atoms with Gasteiger partial charge in [-0.2, -0.15) is 5.10 Å². The molecular weight excluding hydrogens is 360 g/mol. The number of aromatic nitrogens is 2. The number of phenolic OH excluding ortho intramolecular Hbond substituents is 1. The van der Waals surface area contributed by atoms with Crippen LogP contribution in [0.5, 0.6) is 5.75 Å². The van der Waals surface area contributed by atoms with Gasteiger partial charge < -0.3 is 9.67 Å². The van der Waals surface area contributed by atoms with Gasteiger partial charge >= 0.3 is 0 Å². The van der Waals surface area contributed by atoms with Gasteiger partial charge in [-0.05, 0) is 30.2 Å². The van der Waals surface area contributed by atoms with Gasteiger partial charge in [0.25, 0.3) is 5.91 Å². The van der Waals surface area contributed by atoms with E-state index in [9.17, 15) is 9.90 Å². The Morgan fingerprint density at radius 2 is 2.15 bits per heavy atom. The predicted octanol–water partition coefficient (Wildman–Crippen LogP) is 3.25. The Kier molecular flexibility index (Phi) is 5.93. The summed E-state index contributed by atoms with van der Waals surface area (Å²) >= 11 is 1.34. The number of nitrogens with one attached hydrogen (secondary N) is 1. The van der Waals surface area contributed by atoms with E-state index < -0.39 is 0 Å². The van der Waals surface area contributed by atoms with Crippen molar-refractivity contribution in [3.8, 4) is 5.75 Å². The number of phenols is 1. The molecule has 3 rings (SSSR count). The Balaban J connectivity index is 1.58. The number of amides is 1. The van der Waals surface area contributed by atoms with Crippen molar-refractivity contribution in [1.82, 2.24) is 15.0 Å². The number of thioether (sulfide) groups is 1. The summed E-state index contributed by atoms with van der Waals surface area (Å²) in [6, 6.07) is 13.2. The second-order valence-electron chi connectivity index (χ2n) is 5.87. The third kappa shape index (κ3) is 4.38. The van der Waals surface area contributed by atoms with Gasteiger partial charge in [0.05, 0.1) is 23.0 Å². The summed E-state index contributed by atoms with van der Waals surface area (Å²) in [5.74, 6) is 0.0892. The molecule has 6 nitrogen and oxygen atoms in total. The lowest BCUT2D eigenvalue weighted by atomic mass is 10.1. The minimum atomic E-state index is -0.245. The van der Waals surface area contributed by atoms with Crippen LogP contribution in [0.1, 0.15) is 11.1 Å². The third-order valence-electron chi connectivity index (χ3n) is 3.99. The molecule has 0 aliphatic heterocycles. The van der Waals surface area contributed by atoms with E-state index in [2.05, 4.69) is 22.1 Å². The number of nitrogens with zero attached hydrogens (tertiary/aromatic N) is 3. The first kappa shape index (κ1) is 18.7. The van der Waals surface area contributed by atoms with E-state index in [1.165, 1.54) is 18.0 Å². The van der Waals surface area contributed by atoms with Gasteiger partial charge in [0.15, 0.2) is 5.16 Å². The summed E-state index contributed by atoms with van der Waals surface area (Å²) in [6.45, 7) is 3.67. The monoisotopic (exact) mass is 380 g/mol. The van der Waals surface area contributed by atoms with Gasteiger partial charge in [-0.1, -0.05) is 42.1 Å². The molecule has 27 heavy (non-hydrogen) atoms. The van der Waals surface area contributed by atoms with Crippen LogP contribution in [0, 0.1) is 0 Å². The van der Waals surface area contributed by atoms with E-state index in [1.54, 1.807) is 12.1 Å². The summed E-state index contributed by atoms with van der Waals surface area (Å²) in [4.78, 5) is 16.5. The molecule has 0 aliphatic carbocycles. The van der Waals surface area contributed by atoms with Gasteiger partial charge in [-0.25, -0.2) is 10.4 Å². The minimum absolute atomic E-state index is 0.143. The largest absolute Gasteiger partial charge is 0.507 e. The maximum absolute atomic E-state index is 12.0. The zero-order chi connectivity index (χ0) is 19.2. The summed E-state index contributed by atoms with van der Waals surface area (Å²) in [5, 5.41) is 14.9. The quantitative estimate of drug-likeness (QED) is 0.285.